The first-order chi connectivity index (χ1) is 17.9. The van der Waals surface area contributed by atoms with Crippen molar-refractivity contribution in [3.05, 3.63) is 107 Å². The van der Waals surface area contributed by atoms with Gasteiger partial charge in [-0.15, -0.1) is 0 Å². The number of amides is 2. The maximum Gasteiger partial charge on any atom is 0.338 e. The summed E-state index contributed by atoms with van der Waals surface area (Å²) in [7, 11) is 0. The topological polar surface area (TPSA) is 140 Å². The van der Waals surface area contributed by atoms with E-state index in [0.29, 0.717) is 22.4 Å². The summed E-state index contributed by atoms with van der Waals surface area (Å²) < 4.78 is 18.5. The molecule has 1 aromatic heterocycles. The van der Waals surface area contributed by atoms with Crippen LogP contribution in [0.2, 0.25) is 0 Å². The number of halogens is 1. The van der Waals surface area contributed by atoms with E-state index in [2.05, 4.69) is 20.3 Å². The summed E-state index contributed by atoms with van der Waals surface area (Å²) in [5.41, 5.74) is 7.79. The summed E-state index contributed by atoms with van der Waals surface area (Å²) in [5.74, 6) is -1.69. The maximum atomic E-state index is 13.1. The van der Waals surface area contributed by atoms with Crippen molar-refractivity contribution in [2.45, 2.75) is 13.2 Å². The van der Waals surface area contributed by atoms with E-state index >= 15 is 0 Å². The molecule has 37 heavy (non-hydrogen) atoms. The number of carbonyl (C=O) groups excluding carboxylic acids is 3. The molecular weight excluding hydrogens is 479 g/mol. The van der Waals surface area contributed by atoms with Crippen LogP contribution in [0.5, 0.6) is 0 Å². The van der Waals surface area contributed by atoms with E-state index in [4.69, 9.17) is 10.5 Å². The predicted molar refractivity (Wildman–Crippen MR) is 130 cm³/mol. The average Bonchev–Trinajstić information content (AvgIpc) is 3.13. The van der Waals surface area contributed by atoms with E-state index in [9.17, 15) is 18.8 Å². The number of benzene rings is 3. The first kappa shape index (κ1) is 23.5. The molecule has 3 aromatic carbocycles. The average molecular weight is 498 g/mol. The zero-order valence-corrected chi connectivity index (χ0v) is 19.2. The Morgan fingerprint density at radius 1 is 0.919 bits per heavy atom. The SMILES string of the molecule is Nc1nc(COC(=O)c2cccc(CN3C(=O)c4ccccc4C3=O)c2)nc(Nc2ccc(F)cc2)n1. The van der Waals surface area contributed by atoms with E-state index in [1.165, 1.54) is 24.3 Å². The number of imide groups is 1. The molecule has 0 unspecified atom stereocenters. The van der Waals surface area contributed by atoms with E-state index in [1.807, 2.05) is 0 Å². The van der Waals surface area contributed by atoms with Gasteiger partial charge in [0.1, 0.15) is 5.82 Å². The zero-order valence-electron chi connectivity index (χ0n) is 19.2. The van der Waals surface area contributed by atoms with Crippen LogP contribution in [0.25, 0.3) is 0 Å². The molecule has 0 radical (unpaired) electrons. The Balaban J connectivity index is 1.24. The molecule has 11 heteroatoms. The second-order valence-corrected chi connectivity index (χ2v) is 8.08. The van der Waals surface area contributed by atoms with Crippen molar-refractivity contribution in [2.75, 3.05) is 11.1 Å². The Kier molecular flexibility index (Phi) is 6.25. The van der Waals surface area contributed by atoms with Gasteiger partial charge < -0.3 is 15.8 Å². The van der Waals surface area contributed by atoms with Gasteiger partial charge in [-0.25, -0.2) is 9.18 Å². The lowest BCUT2D eigenvalue weighted by atomic mass is 10.1. The number of nitrogens with one attached hydrogen (secondary N) is 1. The van der Waals surface area contributed by atoms with Crippen LogP contribution in [0.15, 0.2) is 72.8 Å². The van der Waals surface area contributed by atoms with Gasteiger partial charge in [-0.05, 0) is 54.1 Å². The van der Waals surface area contributed by atoms with Crippen molar-refractivity contribution >= 4 is 35.4 Å². The monoisotopic (exact) mass is 498 g/mol. The first-order valence-corrected chi connectivity index (χ1v) is 11.1. The molecule has 4 aromatic rings. The van der Waals surface area contributed by atoms with Gasteiger partial charge in [-0.1, -0.05) is 24.3 Å². The van der Waals surface area contributed by atoms with Crippen LogP contribution in [0.1, 0.15) is 42.5 Å². The third-order valence-corrected chi connectivity index (χ3v) is 5.51. The number of hydrogen-bond acceptors (Lipinski definition) is 9. The van der Waals surface area contributed by atoms with E-state index < -0.39 is 5.97 Å². The molecule has 184 valence electrons. The van der Waals surface area contributed by atoms with Crippen LogP contribution in [-0.4, -0.2) is 37.6 Å². The van der Waals surface area contributed by atoms with Gasteiger partial charge in [-0.3, -0.25) is 14.5 Å². The minimum absolute atomic E-state index is 0.00980. The zero-order chi connectivity index (χ0) is 25.9. The minimum Gasteiger partial charge on any atom is -0.454 e. The van der Waals surface area contributed by atoms with Gasteiger partial charge in [0.25, 0.3) is 11.8 Å². The van der Waals surface area contributed by atoms with Crippen molar-refractivity contribution in [1.82, 2.24) is 19.9 Å². The number of rotatable bonds is 7. The molecule has 2 heterocycles. The summed E-state index contributed by atoms with van der Waals surface area (Å²) in [5, 5.41) is 2.88. The van der Waals surface area contributed by atoms with Crippen LogP contribution >= 0.6 is 0 Å². The number of fused-ring (bicyclic) bond motifs is 1. The standard InChI is InChI=1S/C26H19FN6O4/c27-17-8-10-18(11-9-17)29-26-31-21(30-25(28)32-26)14-37-24(36)16-5-3-4-15(12-16)13-33-22(34)19-6-1-2-7-20(19)23(33)35/h1-12H,13-14H2,(H3,28,29,30,31,32). The molecular formula is C26H19FN6O4. The second kappa shape index (κ2) is 9.82. The fourth-order valence-corrected chi connectivity index (χ4v) is 3.80. The molecule has 0 atom stereocenters. The number of carbonyl (C=O) groups is 3. The van der Waals surface area contributed by atoms with Crippen LogP contribution in [0.3, 0.4) is 0 Å². The predicted octanol–water partition coefficient (Wildman–Crippen LogP) is 3.49. The number of nitrogens with zero attached hydrogens (tertiary/aromatic N) is 4. The number of nitrogens with two attached hydrogens (primary N) is 1. The number of hydrogen-bond donors (Lipinski definition) is 2. The van der Waals surface area contributed by atoms with Crippen LogP contribution in [0, 0.1) is 5.82 Å². The van der Waals surface area contributed by atoms with Gasteiger partial charge in [0.05, 0.1) is 23.2 Å². The summed E-state index contributed by atoms with van der Waals surface area (Å²) in [6.45, 7) is -0.276. The lowest BCUT2D eigenvalue weighted by molar-refractivity contribution is 0.0462. The molecule has 0 saturated heterocycles. The fourth-order valence-electron chi connectivity index (χ4n) is 3.80. The largest absolute Gasteiger partial charge is 0.454 e. The number of ether oxygens (including phenoxy) is 1. The van der Waals surface area contributed by atoms with Crippen molar-refractivity contribution in [3.8, 4) is 0 Å². The molecule has 0 bridgehead atoms. The summed E-state index contributed by atoms with van der Waals surface area (Å²) in [4.78, 5) is 51.2. The molecule has 2 amide bonds. The summed E-state index contributed by atoms with van der Waals surface area (Å²) >= 11 is 0. The molecule has 0 aliphatic carbocycles. The molecule has 0 saturated carbocycles. The van der Waals surface area contributed by atoms with Gasteiger partial charge in [-0.2, -0.15) is 15.0 Å². The first-order valence-electron chi connectivity index (χ1n) is 11.1. The van der Waals surface area contributed by atoms with Crippen molar-refractivity contribution < 1.29 is 23.5 Å². The Bertz CT molecular complexity index is 1490. The fraction of sp³-hybridized carbons (Fsp3) is 0.0769. The number of aromatic nitrogens is 3. The Labute approximate surface area is 209 Å². The molecule has 0 fully saturated rings. The van der Waals surface area contributed by atoms with Crippen molar-refractivity contribution in [3.63, 3.8) is 0 Å². The minimum atomic E-state index is -0.656. The van der Waals surface area contributed by atoms with Crippen LogP contribution < -0.4 is 11.1 Å². The van der Waals surface area contributed by atoms with Gasteiger partial charge in [0, 0.05) is 5.69 Å². The second-order valence-electron chi connectivity index (χ2n) is 8.08. The highest BCUT2D eigenvalue weighted by molar-refractivity contribution is 6.21. The third kappa shape index (κ3) is 5.10. The molecule has 5 rings (SSSR count). The van der Waals surface area contributed by atoms with E-state index in [1.54, 1.807) is 48.5 Å². The molecule has 3 N–H and O–H groups in total. The number of esters is 1. The van der Waals surface area contributed by atoms with Gasteiger partial charge in [0.2, 0.25) is 11.9 Å². The van der Waals surface area contributed by atoms with Crippen LogP contribution in [0.4, 0.5) is 22.0 Å². The Hall–Kier alpha value is -5.19. The maximum absolute atomic E-state index is 13.1. The molecule has 1 aliphatic rings. The summed E-state index contributed by atoms with van der Waals surface area (Å²) in [6, 6.07) is 18.6. The summed E-state index contributed by atoms with van der Waals surface area (Å²) in [6.07, 6.45) is 0. The quantitative estimate of drug-likeness (QED) is 0.289. The van der Waals surface area contributed by atoms with E-state index in [-0.39, 0.29) is 54.1 Å². The Morgan fingerprint density at radius 2 is 1.62 bits per heavy atom. The van der Waals surface area contributed by atoms with Gasteiger partial charge in [0.15, 0.2) is 12.4 Å². The lowest BCUT2D eigenvalue weighted by Crippen LogP contribution is -2.29. The van der Waals surface area contributed by atoms with E-state index in [0.717, 1.165) is 4.90 Å². The van der Waals surface area contributed by atoms with Crippen molar-refractivity contribution in [2.24, 2.45) is 0 Å². The highest BCUT2D eigenvalue weighted by atomic mass is 19.1. The Morgan fingerprint density at radius 3 is 2.32 bits per heavy atom. The normalized spacial score (nSPS) is 12.4. The number of nitrogen functional groups attached to an aromatic ring is 1. The van der Waals surface area contributed by atoms with Crippen LogP contribution in [-0.2, 0) is 17.9 Å². The molecule has 1 aliphatic heterocycles. The molecule has 10 nitrogen and oxygen atoms in total. The van der Waals surface area contributed by atoms with Crippen molar-refractivity contribution in [1.29, 1.82) is 0 Å². The number of anilines is 3. The smallest absolute Gasteiger partial charge is 0.338 e. The highest BCUT2D eigenvalue weighted by Crippen LogP contribution is 2.24. The third-order valence-electron chi connectivity index (χ3n) is 5.51. The lowest BCUT2D eigenvalue weighted by Gasteiger charge is -2.14. The van der Waals surface area contributed by atoms with Gasteiger partial charge >= 0.3 is 5.97 Å². The molecule has 0 spiro atoms. The highest BCUT2D eigenvalue weighted by Gasteiger charge is 2.35.